The molecule has 1 aliphatic heterocycles. The van der Waals surface area contributed by atoms with Crippen LogP contribution in [0.4, 0.5) is 0 Å². The Kier molecular flexibility index (Phi) is 2.90. The van der Waals surface area contributed by atoms with Crippen molar-refractivity contribution in [1.82, 2.24) is 0 Å². The molecule has 2 rings (SSSR count). The molecule has 0 saturated carbocycles. The maximum absolute atomic E-state index is 10.4. The maximum Gasteiger partial charge on any atom is 0.303 e. The second-order valence-corrected chi connectivity index (χ2v) is 3.74. The minimum atomic E-state index is -0.723. The molecular weight excluding hydrogens is 192 g/mol. The molecule has 0 unspecified atom stereocenters. The number of carbonyl (C=O) groups is 1. The van der Waals surface area contributed by atoms with Gasteiger partial charge in [0.05, 0.1) is 6.61 Å². The summed E-state index contributed by atoms with van der Waals surface area (Å²) in [5.74, 6) is 0.252. The Labute approximate surface area is 88.7 Å². The van der Waals surface area contributed by atoms with Crippen molar-refractivity contribution < 1.29 is 14.6 Å². The predicted octanol–water partition coefficient (Wildman–Crippen LogP) is 2.03. The standard InChI is InChI=1S/C12H14O3/c13-12(14)6-2-4-9-3-1-5-11-10(9)7-8-15-11/h1,3,5H,2,4,6-8H2,(H,13,14). The number of fused-ring (bicyclic) bond motifs is 1. The molecule has 1 heterocycles. The lowest BCUT2D eigenvalue weighted by Gasteiger charge is -2.05. The first-order valence-corrected chi connectivity index (χ1v) is 5.23. The maximum atomic E-state index is 10.4. The van der Waals surface area contributed by atoms with Crippen LogP contribution in [0.3, 0.4) is 0 Å². The second-order valence-electron chi connectivity index (χ2n) is 3.74. The third-order valence-electron chi connectivity index (χ3n) is 2.68. The highest BCUT2D eigenvalue weighted by Gasteiger charge is 2.15. The summed E-state index contributed by atoms with van der Waals surface area (Å²) in [5, 5.41) is 8.56. The number of carboxylic acid groups (broad SMARTS) is 1. The number of hydrogen-bond donors (Lipinski definition) is 1. The van der Waals surface area contributed by atoms with Gasteiger partial charge in [0.1, 0.15) is 5.75 Å². The Bertz CT molecular complexity index is 371. The molecule has 1 N–H and O–H groups in total. The number of benzene rings is 1. The molecule has 3 heteroatoms. The molecule has 1 aromatic carbocycles. The van der Waals surface area contributed by atoms with Gasteiger partial charge in [0.2, 0.25) is 0 Å². The summed E-state index contributed by atoms with van der Waals surface area (Å²) in [6.45, 7) is 0.755. The molecule has 0 amide bonds. The van der Waals surface area contributed by atoms with Gasteiger partial charge in [0.15, 0.2) is 0 Å². The third kappa shape index (κ3) is 2.29. The fourth-order valence-corrected chi connectivity index (χ4v) is 1.96. The summed E-state index contributed by atoms with van der Waals surface area (Å²) in [6.07, 6.45) is 2.73. The average molecular weight is 206 g/mol. The Hall–Kier alpha value is -1.51. The zero-order valence-electron chi connectivity index (χ0n) is 8.53. The smallest absolute Gasteiger partial charge is 0.303 e. The van der Waals surface area contributed by atoms with Crippen molar-refractivity contribution in [3.63, 3.8) is 0 Å². The minimum Gasteiger partial charge on any atom is -0.493 e. The van der Waals surface area contributed by atoms with E-state index in [-0.39, 0.29) is 6.42 Å². The zero-order chi connectivity index (χ0) is 10.7. The predicted molar refractivity (Wildman–Crippen MR) is 56.2 cm³/mol. The van der Waals surface area contributed by atoms with Crippen LogP contribution in [0.1, 0.15) is 24.0 Å². The number of rotatable bonds is 4. The van der Waals surface area contributed by atoms with E-state index in [2.05, 4.69) is 6.07 Å². The molecule has 1 aliphatic rings. The Morgan fingerprint density at radius 2 is 2.33 bits per heavy atom. The Morgan fingerprint density at radius 3 is 3.13 bits per heavy atom. The normalized spacial score (nSPS) is 13.3. The van der Waals surface area contributed by atoms with Gasteiger partial charge in [-0.05, 0) is 24.5 Å². The van der Waals surface area contributed by atoms with Gasteiger partial charge in [0.25, 0.3) is 0 Å². The molecule has 0 saturated heterocycles. The number of hydrogen-bond acceptors (Lipinski definition) is 2. The first-order chi connectivity index (χ1) is 7.27. The molecule has 0 aromatic heterocycles. The van der Waals surface area contributed by atoms with Gasteiger partial charge in [0, 0.05) is 18.4 Å². The van der Waals surface area contributed by atoms with Crippen molar-refractivity contribution in [2.24, 2.45) is 0 Å². The third-order valence-corrected chi connectivity index (χ3v) is 2.68. The average Bonchev–Trinajstić information content (AvgIpc) is 2.65. The molecule has 1 aromatic rings. The lowest BCUT2D eigenvalue weighted by atomic mass is 10.0. The van der Waals surface area contributed by atoms with E-state index in [4.69, 9.17) is 9.84 Å². The van der Waals surface area contributed by atoms with E-state index in [0.717, 1.165) is 25.2 Å². The van der Waals surface area contributed by atoms with Crippen LogP contribution in [0.25, 0.3) is 0 Å². The minimum absolute atomic E-state index is 0.241. The van der Waals surface area contributed by atoms with E-state index in [1.807, 2.05) is 12.1 Å². The fourth-order valence-electron chi connectivity index (χ4n) is 1.96. The van der Waals surface area contributed by atoms with Crippen molar-refractivity contribution in [3.8, 4) is 5.75 Å². The van der Waals surface area contributed by atoms with Crippen molar-refractivity contribution >= 4 is 5.97 Å². The van der Waals surface area contributed by atoms with Crippen LogP contribution < -0.4 is 4.74 Å². The van der Waals surface area contributed by atoms with Crippen LogP contribution in [0.2, 0.25) is 0 Å². The van der Waals surface area contributed by atoms with Crippen molar-refractivity contribution in [1.29, 1.82) is 0 Å². The fraction of sp³-hybridized carbons (Fsp3) is 0.417. The van der Waals surface area contributed by atoms with Gasteiger partial charge in [-0.25, -0.2) is 0 Å². The van der Waals surface area contributed by atoms with Crippen LogP contribution in [0.5, 0.6) is 5.75 Å². The van der Waals surface area contributed by atoms with Crippen molar-refractivity contribution in [2.75, 3.05) is 6.61 Å². The lowest BCUT2D eigenvalue weighted by molar-refractivity contribution is -0.137. The zero-order valence-corrected chi connectivity index (χ0v) is 8.53. The molecule has 0 fully saturated rings. The molecule has 0 radical (unpaired) electrons. The van der Waals surface area contributed by atoms with E-state index in [1.54, 1.807) is 0 Å². The van der Waals surface area contributed by atoms with E-state index in [9.17, 15) is 4.79 Å². The molecule has 15 heavy (non-hydrogen) atoms. The Balaban J connectivity index is 2.02. The summed E-state index contributed by atoms with van der Waals surface area (Å²) < 4.78 is 5.45. The van der Waals surface area contributed by atoms with Crippen LogP contribution in [-0.4, -0.2) is 17.7 Å². The van der Waals surface area contributed by atoms with Crippen molar-refractivity contribution in [2.45, 2.75) is 25.7 Å². The number of aliphatic carboxylic acids is 1. The summed E-state index contributed by atoms with van der Waals surface area (Å²) in [4.78, 5) is 10.4. The largest absolute Gasteiger partial charge is 0.493 e. The first-order valence-electron chi connectivity index (χ1n) is 5.23. The first kappa shape index (κ1) is 10.0. The van der Waals surface area contributed by atoms with Gasteiger partial charge in [-0.2, -0.15) is 0 Å². The highest BCUT2D eigenvalue weighted by molar-refractivity contribution is 5.66. The number of carboxylic acids is 1. The second kappa shape index (κ2) is 4.34. The van der Waals surface area contributed by atoms with E-state index >= 15 is 0 Å². The van der Waals surface area contributed by atoms with Gasteiger partial charge >= 0.3 is 5.97 Å². The topological polar surface area (TPSA) is 46.5 Å². The van der Waals surface area contributed by atoms with Gasteiger partial charge in [-0.15, -0.1) is 0 Å². The van der Waals surface area contributed by atoms with Crippen LogP contribution in [-0.2, 0) is 17.6 Å². The van der Waals surface area contributed by atoms with Gasteiger partial charge in [-0.3, -0.25) is 4.79 Å². The quantitative estimate of drug-likeness (QED) is 0.819. The lowest BCUT2D eigenvalue weighted by Crippen LogP contribution is -1.97. The Morgan fingerprint density at radius 1 is 1.47 bits per heavy atom. The summed E-state index contributed by atoms with van der Waals surface area (Å²) in [5.41, 5.74) is 2.51. The van der Waals surface area contributed by atoms with E-state index in [1.165, 1.54) is 11.1 Å². The number of ether oxygens (including phenoxy) is 1. The van der Waals surface area contributed by atoms with Gasteiger partial charge < -0.3 is 9.84 Å². The highest BCUT2D eigenvalue weighted by atomic mass is 16.5. The summed E-state index contributed by atoms with van der Waals surface area (Å²) in [6, 6.07) is 6.01. The summed E-state index contributed by atoms with van der Waals surface area (Å²) in [7, 11) is 0. The van der Waals surface area contributed by atoms with Gasteiger partial charge in [-0.1, -0.05) is 12.1 Å². The van der Waals surface area contributed by atoms with Crippen molar-refractivity contribution in [3.05, 3.63) is 29.3 Å². The summed E-state index contributed by atoms with van der Waals surface area (Å²) >= 11 is 0. The monoisotopic (exact) mass is 206 g/mol. The van der Waals surface area contributed by atoms with E-state index < -0.39 is 5.97 Å². The highest BCUT2D eigenvalue weighted by Crippen LogP contribution is 2.28. The molecule has 0 bridgehead atoms. The molecule has 0 atom stereocenters. The molecule has 80 valence electrons. The van der Waals surface area contributed by atoms with Crippen LogP contribution >= 0.6 is 0 Å². The van der Waals surface area contributed by atoms with Crippen LogP contribution in [0.15, 0.2) is 18.2 Å². The molecule has 0 aliphatic carbocycles. The van der Waals surface area contributed by atoms with E-state index in [0.29, 0.717) is 6.42 Å². The molecule has 3 nitrogen and oxygen atoms in total. The van der Waals surface area contributed by atoms with Crippen LogP contribution in [0, 0.1) is 0 Å². The molecular formula is C12H14O3. The number of aryl methyl sites for hydroxylation is 1. The SMILES string of the molecule is O=C(O)CCCc1cccc2c1CCO2. The molecule has 0 spiro atoms.